The first-order valence-electron chi connectivity index (χ1n) is 14.9. The number of nitrogens with one attached hydrogen (secondary N) is 5. The lowest BCUT2D eigenvalue weighted by Crippen LogP contribution is -2.56. The predicted molar refractivity (Wildman–Crippen MR) is 165 cm³/mol. The first kappa shape index (κ1) is 36.0. The van der Waals surface area contributed by atoms with Crippen molar-refractivity contribution < 1.29 is 33.8 Å². The Balaban J connectivity index is 2.20. The van der Waals surface area contributed by atoms with Crippen molar-refractivity contribution in [3.8, 4) is 0 Å². The van der Waals surface area contributed by atoms with Gasteiger partial charge in [0.25, 0.3) is 0 Å². The monoisotopic (exact) mass is 617 g/mol. The van der Waals surface area contributed by atoms with E-state index in [1.807, 2.05) is 24.3 Å². The number of para-hydroxylation sites is 1. The molecule has 0 fully saturated rings. The molecule has 14 nitrogen and oxygen atoms in total. The number of carbonyl (C=O) groups is 5. The summed E-state index contributed by atoms with van der Waals surface area (Å²) < 4.78 is 5.32. The van der Waals surface area contributed by atoms with Crippen molar-refractivity contribution in [2.75, 3.05) is 19.6 Å². The van der Waals surface area contributed by atoms with Gasteiger partial charge in [0.05, 0.1) is 6.54 Å². The van der Waals surface area contributed by atoms with Gasteiger partial charge < -0.3 is 47.6 Å². The van der Waals surface area contributed by atoms with Crippen molar-refractivity contribution in [3.05, 3.63) is 36.0 Å². The van der Waals surface area contributed by atoms with Crippen molar-refractivity contribution in [1.82, 2.24) is 26.3 Å². The van der Waals surface area contributed by atoms with E-state index in [0.717, 1.165) is 16.5 Å². The van der Waals surface area contributed by atoms with Crippen LogP contribution >= 0.6 is 0 Å². The van der Waals surface area contributed by atoms with Gasteiger partial charge in [-0.2, -0.15) is 0 Å². The highest BCUT2D eigenvalue weighted by Crippen LogP contribution is 2.19. The van der Waals surface area contributed by atoms with Gasteiger partial charge in [-0.15, -0.1) is 0 Å². The molecular formula is C30H47N7O7. The molecule has 0 spiro atoms. The summed E-state index contributed by atoms with van der Waals surface area (Å²) in [7, 11) is 0. The molecule has 0 saturated carbocycles. The Labute approximate surface area is 257 Å². The molecule has 0 unspecified atom stereocenters. The van der Waals surface area contributed by atoms with E-state index in [1.165, 1.54) is 0 Å². The van der Waals surface area contributed by atoms with Crippen LogP contribution in [0.25, 0.3) is 10.9 Å². The van der Waals surface area contributed by atoms with E-state index in [4.69, 9.17) is 16.2 Å². The van der Waals surface area contributed by atoms with E-state index in [2.05, 4.69) is 26.3 Å². The number of alkyl carbamates (subject to hydrolysis) is 1. The van der Waals surface area contributed by atoms with Gasteiger partial charge in [-0.1, -0.05) is 18.2 Å². The zero-order chi connectivity index (χ0) is 32.7. The average molecular weight is 618 g/mol. The molecule has 0 aliphatic carbocycles. The van der Waals surface area contributed by atoms with Crippen LogP contribution in [-0.2, 0) is 30.3 Å². The Kier molecular flexibility index (Phi) is 14.6. The molecule has 14 heteroatoms. The Morgan fingerprint density at radius 1 is 0.864 bits per heavy atom. The number of ether oxygens (including phenoxy) is 1. The van der Waals surface area contributed by atoms with Crippen molar-refractivity contribution in [1.29, 1.82) is 0 Å². The van der Waals surface area contributed by atoms with Crippen LogP contribution in [0.1, 0.15) is 64.9 Å². The van der Waals surface area contributed by atoms with E-state index in [1.54, 1.807) is 27.0 Å². The summed E-state index contributed by atoms with van der Waals surface area (Å²) in [6.45, 7) is 5.41. The van der Waals surface area contributed by atoms with Crippen molar-refractivity contribution in [3.63, 3.8) is 0 Å². The lowest BCUT2D eigenvalue weighted by molar-refractivity contribution is -0.142. The van der Waals surface area contributed by atoms with Crippen LogP contribution in [0.15, 0.2) is 30.5 Å². The van der Waals surface area contributed by atoms with Crippen molar-refractivity contribution >= 4 is 40.7 Å². The van der Waals surface area contributed by atoms with Crippen molar-refractivity contribution in [2.45, 2.75) is 89.4 Å². The fourth-order valence-electron chi connectivity index (χ4n) is 4.50. The number of aromatic amines is 1. The molecule has 2 aromatic rings. The summed E-state index contributed by atoms with van der Waals surface area (Å²) in [5.74, 6) is -3.15. The summed E-state index contributed by atoms with van der Waals surface area (Å²) in [6.07, 6.45) is 3.78. The number of hydrogen-bond donors (Lipinski definition) is 8. The minimum absolute atomic E-state index is 0.0714. The lowest BCUT2D eigenvalue weighted by Gasteiger charge is -2.25. The molecule has 244 valence electrons. The van der Waals surface area contributed by atoms with E-state index < -0.39 is 60.1 Å². The molecule has 1 aromatic heterocycles. The van der Waals surface area contributed by atoms with Crippen LogP contribution in [0.4, 0.5) is 4.79 Å². The molecule has 0 radical (unpaired) electrons. The van der Waals surface area contributed by atoms with Gasteiger partial charge in [0.15, 0.2) is 0 Å². The Morgan fingerprint density at radius 2 is 1.50 bits per heavy atom. The number of H-pyrrole nitrogens is 1. The van der Waals surface area contributed by atoms with Crippen LogP contribution in [0.5, 0.6) is 0 Å². The summed E-state index contributed by atoms with van der Waals surface area (Å²) >= 11 is 0. The van der Waals surface area contributed by atoms with Gasteiger partial charge in [0.2, 0.25) is 17.7 Å². The van der Waals surface area contributed by atoms with Crippen LogP contribution in [0, 0.1) is 0 Å². The van der Waals surface area contributed by atoms with Gasteiger partial charge in [0, 0.05) is 23.5 Å². The van der Waals surface area contributed by atoms with E-state index in [-0.39, 0.29) is 19.3 Å². The molecule has 0 bridgehead atoms. The first-order valence-corrected chi connectivity index (χ1v) is 14.9. The smallest absolute Gasteiger partial charge is 0.408 e. The van der Waals surface area contributed by atoms with E-state index >= 15 is 0 Å². The number of carboxylic acid groups (broad SMARTS) is 1. The molecule has 0 saturated heterocycles. The minimum atomic E-state index is -1.19. The summed E-state index contributed by atoms with van der Waals surface area (Å²) in [6, 6.07) is 4.20. The van der Waals surface area contributed by atoms with Crippen molar-refractivity contribution in [2.24, 2.45) is 11.5 Å². The van der Waals surface area contributed by atoms with E-state index in [9.17, 15) is 29.1 Å². The highest BCUT2D eigenvalue weighted by Gasteiger charge is 2.29. The third-order valence-corrected chi connectivity index (χ3v) is 6.69. The van der Waals surface area contributed by atoms with Gasteiger partial charge >= 0.3 is 12.1 Å². The molecule has 10 N–H and O–H groups in total. The third kappa shape index (κ3) is 12.6. The largest absolute Gasteiger partial charge is 0.480 e. The fourth-order valence-corrected chi connectivity index (χ4v) is 4.50. The quantitative estimate of drug-likeness (QED) is 0.111. The van der Waals surface area contributed by atoms with E-state index in [0.29, 0.717) is 38.8 Å². The Bertz CT molecular complexity index is 1260. The number of fused-ring (bicyclic) bond motifs is 1. The number of unbranched alkanes of at least 4 members (excludes halogenated alkanes) is 2. The van der Waals surface area contributed by atoms with Gasteiger partial charge in [0.1, 0.15) is 23.7 Å². The second kappa shape index (κ2) is 17.8. The molecule has 44 heavy (non-hydrogen) atoms. The molecule has 0 aliphatic rings. The van der Waals surface area contributed by atoms with Crippen LogP contribution < -0.4 is 32.7 Å². The fraction of sp³-hybridized carbons (Fsp3) is 0.567. The normalized spacial score (nSPS) is 13.4. The highest BCUT2D eigenvalue weighted by atomic mass is 16.6. The number of carbonyl (C=O) groups excluding carboxylic acids is 4. The van der Waals surface area contributed by atoms with Crippen LogP contribution in [0.3, 0.4) is 0 Å². The number of aliphatic carboxylic acids is 1. The topological polar surface area (TPSA) is 231 Å². The molecule has 2 rings (SSSR count). The molecule has 0 aliphatic heterocycles. The molecular weight excluding hydrogens is 570 g/mol. The van der Waals surface area contributed by atoms with Crippen LogP contribution in [-0.4, -0.2) is 83.2 Å². The van der Waals surface area contributed by atoms with Gasteiger partial charge in [-0.3, -0.25) is 14.4 Å². The zero-order valence-corrected chi connectivity index (χ0v) is 25.7. The summed E-state index contributed by atoms with van der Waals surface area (Å²) in [5, 5.41) is 20.5. The summed E-state index contributed by atoms with van der Waals surface area (Å²) in [5.41, 5.74) is 11.9. The van der Waals surface area contributed by atoms with Crippen LogP contribution in [0.2, 0.25) is 0 Å². The predicted octanol–water partition coefficient (Wildman–Crippen LogP) is 1.03. The number of rotatable bonds is 18. The molecule has 1 heterocycles. The number of carboxylic acids is 1. The standard InChI is InChI=1S/C30H47N7O7/c1-30(2,3)44-29(43)37-22(12-6-8-14-31)27(40)36-24(16-19-17-33-21-11-5-4-10-20(19)21)26(39)34-18-25(38)35-23(28(41)42)13-7-9-15-32/h4-5,10-11,17,22-24,33H,6-9,12-16,18,31-32H2,1-3H3,(H,34,39)(H,35,38)(H,36,40)(H,37,43)(H,41,42)/t22-,23-,24-/m0/s1. The number of aromatic nitrogens is 1. The SMILES string of the molecule is CC(C)(C)OC(=O)N[C@@H](CCCCN)C(=O)N[C@@H](Cc1c[nH]c2ccccc12)C(=O)NCC(=O)N[C@@H](CCCCN)C(=O)O. The van der Waals surface area contributed by atoms with Gasteiger partial charge in [-0.25, -0.2) is 9.59 Å². The molecule has 3 atom stereocenters. The maximum atomic E-state index is 13.5. The Hall–Kier alpha value is -4.17. The summed E-state index contributed by atoms with van der Waals surface area (Å²) in [4.78, 5) is 66.6. The van der Waals surface area contributed by atoms with Gasteiger partial charge in [-0.05, 0) is 84.0 Å². The number of nitrogens with two attached hydrogens (primary N) is 2. The first-order chi connectivity index (χ1) is 20.8. The number of benzene rings is 1. The highest BCUT2D eigenvalue weighted by molar-refractivity contribution is 5.94. The minimum Gasteiger partial charge on any atom is -0.480 e. The molecule has 4 amide bonds. The second-order valence-corrected chi connectivity index (χ2v) is 11.6. The third-order valence-electron chi connectivity index (χ3n) is 6.69. The maximum absolute atomic E-state index is 13.5. The number of hydrogen-bond acceptors (Lipinski definition) is 8. The lowest BCUT2D eigenvalue weighted by atomic mass is 10.0. The molecule has 1 aromatic carbocycles. The zero-order valence-electron chi connectivity index (χ0n) is 25.7. The second-order valence-electron chi connectivity index (χ2n) is 11.6. The Morgan fingerprint density at radius 3 is 2.11 bits per heavy atom. The number of amides is 4. The maximum Gasteiger partial charge on any atom is 0.408 e. The average Bonchev–Trinajstić information content (AvgIpc) is 3.36.